The number of carbonyl (C=O) groups is 1. The number of pyridine rings is 1. The van der Waals surface area contributed by atoms with Crippen molar-refractivity contribution in [2.24, 2.45) is 11.7 Å². The molecule has 6 nitrogen and oxygen atoms in total. The van der Waals surface area contributed by atoms with Crippen molar-refractivity contribution in [2.75, 3.05) is 18.0 Å². The molecule has 0 radical (unpaired) electrons. The lowest BCUT2D eigenvalue weighted by Crippen LogP contribution is -2.49. The van der Waals surface area contributed by atoms with Crippen LogP contribution >= 0.6 is 0 Å². The monoisotopic (exact) mass is 391 g/mol. The van der Waals surface area contributed by atoms with E-state index >= 15 is 4.39 Å². The predicted octanol–water partition coefficient (Wildman–Crippen LogP) is 2.88. The molecule has 1 aromatic carbocycles. The van der Waals surface area contributed by atoms with Crippen molar-refractivity contribution >= 4 is 22.6 Å². The number of hydrogen-bond acceptors (Lipinski definition) is 4. The number of carboxylic acid groups (broad SMARTS) is 1. The van der Waals surface area contributed by atoms with Gasteiger partial charge in [0.05, 0.1) is 10.9 Å². The van der Waals surface area contributed by atoms with Crippen LogP contribution in [-0.2, 0) is 0 Å². The Morgan fingerprint density at radius 1 is 1.32 bits per heavy atom. The van der Waals surface area contributed by atoms with Crippen LogP contribution in [0.5, 0.6) is 0 Å². The molecule has 1 aliphatic heterocycles. The molecule has 0 spiro atoms. The minimum atomic E-state index is -1.40. The van der Waals surface area contributed by atoms with Crippen molar-refractivity contribution in [1.29, 1.82) is 0 Å². The minimum Gasteiger partial charge on any atom is -0.477 e. The van der Waals surface area contributed by atoms with Gasteiger partial charge in [0.25, 0.3) is 0 Å². The van der Waals surface area contributed by atoms with Gasteiger partial charge in [-0.3, -0.25) is 4.79 Å². The first-order valence-electron chi connectivity index (χ1n) is 9.64. The number of piperidine rings is 1. The molecule has 0 bridgehead atoms. The highest BCUT2D eigenvalue weighted by atomic mass is 19.1. The van der Waals surface area contributed by atoms with Crippen LogP contribution in [0.25, 0.3) is 10.9 Å². The first-order chi connectivity index (χ1) is 13.3. The molecule has 8 heteroatoms. The van der Waals surface area contributed by atoms with E-state index in [-0.39, 0.29) is 28.7 Å². The van der Waals surface area contributed by atoms with Gasteiger partial charge < -0.3 is 20.3 Å². The van der Waals surface area contributed by atoms with Gasteiger partial charge in [-0.1, -0.05) is 13.3 Å². The SMILES string of the molecule is CC[C@@H]1CCN(c2c(F)cc3c(=O)c(C(=O)O)cn(C4CC4)c3c2F)C[C@H]1N. The van der Waals surface area contributed by atoms with E-state index in [4.69, 9.17) is 5.73 Å². The van der Waals surface area contributed by atoms with Crippen LogP contribution in [0.15, 0.2) is 17.1 Å². The maximum Gasteiger partial charge on any atom is 0.341 e. The molecule has 1 aromatic heterocycles. The number of carboxylic acids is 1. The van der Waals surface area contributed by atoms with Crippen molar-refractivity contribution in [3.8, 4) is 0 Å². The van der Waals surface area contributed by atoms with Crippen molar-refractivity contribution in [2.45, 2.75) is 44.7 Å². The zero-order valence-corrected chi connectivity index (χ0v) is 15.6. The van der Waals surface area contributed by atoms with Crippen LogP contribution in [-0.4, -0.2) is 34.8 Å². The largest absolute Gasteiger partial charge is 0.477 e. The molecule has 2 aliphatic rings. The number of aromatic nitrogens is 1. The molecular formula is C20H23F2N3O3. The Labute approximate surface area is 160 Å². The highest BCUT2D eigenvalue weighted by Gasteiger charge is 2.33. The summed E-state index contributed by atoms with van der Waals surface area (Å²) < 4.78 is 31.9. The molecule has 28 heavy (non-hydrogen) atoms. The van der Waals surface area contributed by atoms with E-state index in [0.717, 1.165) is 31.7 Å². The average molecular weight is 391 g/mol. The molecule has 0 amide bonds. The maximum atomic E-state index is 15.6. The Morgan fingerprint density at radius 2 is 2.04 bits per heavy atom. The van der Waals surface area contributed by atoms with E-state index < -0.39 is 28.6 Å². The Hall–Kier alpha value is -2.48. The number of nitrogens with two attached hydrogens (primary N) is 1. The van der Waals surface area contributed by atoms with E-state index in [9.17, 15) is 19.1 Å². The van der Waals surface area contributed by atoms with E-state index in [1.165, 1.54) is 10.8 Å². The number of rotatable bonds is 4. The Bertz CT molecular complexity index is 1020. The molecule has 2 aromatic rings. The number of aromatic carboxylic acids is 1. The number of nitrogens with zero attached hydrogens (tertiary/aromatic N) is 2. The second-order valence-corrected chi connectivity index (χ2v) is 7.80. The predicted molar refractivity (Wildman–Crippen MR) is 102 cm³/mol. The fourth-order valence-electron chi connectivity index (χ4n) is 4.25. The Morgan fingerprint density at radius 3 is 2.61 bits per heavy atom. The van der Waals surface area contributed by atoms with Gasteiger partial charge in [-0.25, -0.2) is 13.6 Å². The highest BCUT2D eigenvalue weighted by Crippen LogP contribution is 2.40. The normalized spacial score (nSPS) is 22.6. The van der Waals surface area contributed by atoms with Gasteiger partial charge in [0.2, 0.25) is 5.43 Å². The summed E-state index contributed by atoms with van der Waals surface area (Å²) in [5.41, 5.74) is 4.63. The van der Waals surface area contributed by atoms with Crippen molar-refractivity contribution in [1.82, 2.24) is 4.57 Å². The van der Waals surface area contributed by atoms with Crippen LogP contribution in [0.2, 0.25) is 0 Å². The van der Waals surface area contributed by atoms with Gasteiger partial charge >= 0.3 is 5.97 Å². The summed E-state index contributed by atoms with van der Waals surface area (Å²) in [4.78, 5) is 25.6. The standard InChI is InChI=1S/C20H23F2N3O3/c1-2-10-5-6-24(9-15(10)23)18-14(21)7-12-17(16(18)22)25(11-3-4-11)8-13(19(12)26)20(27)28/h7-8,10-11,15H,2-6,9,23H2,1H3,(H,27,28)/t10-,15-/m1/s1. The Balaban J connectivity index is 1.91. The zero-order valence-electron chi connectivity index (χ0n) is 15.6. The molecule has 2 fully saturated rings. The molecule has 3 N–H and O–H groups in total. The minimum absolute atomic E-state index is 0.0277. The van der Waals surface area contributed by atoms with Gasteiger partial charge in [0.15, 0.2) is 5.82 Å². The number of anilines is 1. The molecule has 0 unspecified atom stereocenters. The molecular weight excluding hydrogens is 368 g/mol. The topological polar surface area (TPSA) is 88.6 Å². The molecule has 4 rings (SSSR count). The van der Waals surface area contributed by atoms with Gasteiger partial charge in [0, 0.05) is 31.4 Å². The van der Waals surface area contributed by atoms with Gasteiger partial charge in [-0.05, 0) is 31.2 Å². The number of halogens is 2. The third-order valence-electron chi connectivity index (χ3n) is 6.00. The molecule has 1 saturated heterocycles. The lowest BCUT2D eigenvalue weighted by atomic mass is 9.89. The fourth-order valence-corrected chi connectivity index (χ4v) is 4.25. The first kappa shape index (κ1) is 18.9. The van der Waals surface area contributed by atoms with Crippen LogP contribution < -0.4 is 16.1 Å². The smallest absolute Gasteiger partial charge is 0.341 e. The Kier molecular flexibility index (Phi) is 4.61. The second kappa shape index (κ2) is 6.84. The summed E-state index contributed by atoms with van der Waals surface area (Å²) in [6.45, 7) is 2.86. The molecule has 1 aliphatic carbocycles. The molecule has 2 atom stereocenters. The van der Waals surface area contributed by atoms with Crippen LogP contribution in [0.4, 0.5) is 14.5 Å². The lowest BCUT2D eigenvalue weighted by molar-refractivity contribution is 0.0695. The van der Waals surface area contributed by atoms with Gasteiger partial charge in [-0.2, -0.15) is 0 Å². The van der Waals surface area contributed by atoms with Crippen LogP contribution in [0.3, 0.4) is 0 Å². The summed E-state index contributed by atoms with van der Waals surface area (Å²) in [6, 6.07) is 0.703. The average Bonchev–Trinajstić information content (AvgIpc) is 3.47. The fraction of sp³-hybridized carbons (Fsp3) is 0.500. The molecule has 150 valence electrons. The second-order valence-electron chi connectivity index (χ2n) is 7.80. The number of fused-ring (bicyclic) bond motifs is 1. The van der Waals surface area contributed by atoms with E-state index in [2.05, 4.69) is 0 Å². The lowest BCUT2D eigenvalue weighted by Gasteiger charge is -2.38. The molecule has 2 heterocycles. The van der Waals surface area contributed by atoms with Crippen LogP contribution in [0.1, 0.15) is 49.0 Å². The van der Waals surface area contributed by atoms with Crippen LogP contribution in [0, 0.1) is 17.6 Å². The van der Waals surface area contributed by atoms with Crippen molar-refractivity contribution in [3.63, 3.8) is 0 Å². The quantitative estimate of drug-likeness (QED) is 0.837. The number of hydrogen-bond donors (Lipinski definition) is 2. The van der Waals surface area contributed by atoms with Crippen molar-refractivity contribution < 1.29 is 18.7 Å². The maximum absolute atomic E-state index is 15.6. The van der Waals surface area contributed by atoms with Gasteiger partial charge in [-0.15, -0.1) is 0 Å². The summed E-state index contributed by atoms with van der Waals surface area (Å²) in [7, 11) is 0. The summed E-state index contributed by atoms with van der Waals surface area (Å²) in [5.74, 6) is -2.78. The summed E-state index contributed by atoms with van der Waals surface area (Å²) >= 11 is 0. The first-order valence-corrected chi connectivity index (χ1v) is 9.64. The van der Waals surface area contributed by atoms with E-state index in [0.29, 0.717) is 19.0 Å². The number of benzene rings is 1. The summed E-state index contributed by atoms with van der Waals surface area (Å²) in [5, 5.41) is 9.07. The molecule has 1 saturated carbocycles. The third kappa shape index (κ3) is 2.96. The van der Waals surface area contributed by atoms with Gasteiger partial charge in [0.1, 0.15) is 17.1 Å². The zero-order chi connectivity index (χ0) is 20.2. The third-order valence-corrected chi connectivity index (χ3v) is 6.00. The van der Waals surface area contributed by atoms with E-state index in [1.54, 1.807) is 4.90 Å². The van der Waals surface area contributed by atoms with Crippen molar-refractivity contribution in [3.05, 3.63) is 39.7 Å². The highest BCUT2D eigenvalue weighted by molar-refractivity contribution is 5.94. The summed E-state index contributed by atoms with van der Waals surface area (Å²) in [6.07, 6.45) is 4.36. The van der Waals surface area contributed by atoms with E-state index in [1.807, 2.05) is 6.92 Å².